The minimum absolute atomic E-state index is 0.621. The Hall–Kier alpha value is -0.120. The zero-order valence-electron chi connectivity index (χ0n) is 14.5. The maximum Gasteiger partial charge on any atom is 0.00675 e. The first-order valence-corrected chi connectivity index (χ1v) is 8.76. The summed E-state index contributed by atoms with van der Waals surface area (Å²) in [6.45, 7) is 18.9. The Kier molecular flexibility index (Phi) is 8.74. The van der Waals surface area contributed by atoms with Crippen molar-refractivity contribution in [2.75, 3.05) is 39.3 Å². The molecule has 0 spiro atoms. The second-order valence-corrected chi connectivity index (χ2v) is 6.73. The maximum atomic E-state index is 3.59. The molecule has 1 heterocycles. The summed E-state index contributed by atoms with van der Waals surface area (Å²) in [5.41, 5.74) is 0. The van der Waals surface area contributed by atoms with Crippen LogP contribution in [0.5, 0.6) is 0 Å². The van der Waals surface area contributed by atoms with Crippen molar-refractivity contribution in [3.63, 3.8) is 0 Å². The van der Waals surface area contributed by atoms with Gasteiger partial charge in [0.25, 0.3) is 0 Å². The van der Waals surface area contributed by atoms with E-state index < -0.39 is 0 Å². The van der Waals surface area contributed by atoms with Crippen LogP contribution >= 0.6 is 0 Å². The van der Waals surface area contributed by atoms with Crippen LogP contribution < -0.4 is 5.32 Å². The number of nitrogens with one attached hydrogen (secondary N) is 1. The summed E-state index contributed by atoms with van der Waals surface area (Å²) in [7, 11) is 0. The van der Waals surface area contributed by atoms with E-state index in [2.05, 4.69) is 49.7 Å². The van der Waals surface area contributed by atoms with Crippen molar-refractivity contribution in [3.8, 4) is 0 Å². The molecule has 1 aliphatic rings. The average Bonchev–Trinajstić information content (AvgIpc) is 2.90. The van der Waals surface area contributed by atoms with Crippen molar-refractivity contribution < 1.29 is 0 Å². The third kappa shape index (κ3) is 6.55. The molecule has 0 aromatic carbocycles. The Bertz CT molecular complexity index is 238. The number of rotatable bonds is 10. The van der Waals surface area contributed by atoms with Gasteiger partial charge in [0.2, 0.25) is 0 Å². The quantitative estimate of drug-likeness (QED) is 0.665. The molecule has 0 bridgehead atoms. The van der Waals surface area contributed by atoms with Crippen LogP contribution in [0.25, 0.3) is 0 Å². The largest absolute Gasteiger partial charge is 0.314 e. The second kappa shape index (κ2) is 9.75. The second-order valence-electron chi connectivity index (χ2n) is 6.73. The van der Waals surface area contributed by atoms with Gasteiger partial charge in [0.15, 0.2) is 0 Å². The molecule has 3 heteroatoms. The Morgan fingerprint density at radius 1 is 1.20 bits per heavy atom. The summed E-state index contributed by atoms with van der Waals surface area (Å²) in [5.74, 6) is 0.864. The van der Waals surface area contributed by atoms with Crippen LogP contribution in [0.1, 0.15) is 53.9 Å². The van der Waals surface area contributed by atoms with Crippen molar-refractivity contribution in [1.82, 2.24) is 15.1 Å². The average molecular weight is 284 g/mol. The van der Waals surface area contributed by atoms with E-state index in [4.69, 9.17) is 0 Å². The SMILES string of the molecule is CCN(CC)CCCC(C)N1CCC(CNC(C)C)C1. The molecule has 2 atom stereocenters. The highest BCUT2D eigenvalue weighted by Gasteiger charge is 2.25. The highest BCUT2D eigenvalue weighted by atomic mass is 15.2. The third-order valence-electron chi connectivity index (χ3n) is 4.75. The predicted molar refractivity (Wildman–Crippen MR) is 89.3 cm³/mol. The van der Waals surface area contributed by atoms with E-state index >= 15 is 0 Å². The first-order valence-electron chi connectivity index (χ1n) is 8.76. The van der Waals surface area contributed by atoms with Gasteiger partial charge in [-0.3, -0.25) is 0 Å². The van der Waals surface area contributed by atoms with Gasteiger partial charge >= 0.3 is 0 Å². The fourth-order valence-electron chi connectivity index (χ4n) is 3.16. The van der Waals surface area contributed by atoms with E-state index in [1.807, 2.05) is 0 Å². The van der Waals surface area contributed by atoms with Gasteiger partial charge in [-0.15, -0.1) is 0 Å². The summed E-state index contributed by atoms with van der Waals surface area (Å²) in [6, 6.07) is 1.38. The van der Waals surface area contributed by atoms with Gasteiger partial charge in [-0.1, -0.05) is 27.7 Å². The van der Waals surface area contributed by atoms with E-state index in [1.54, 1.807) is 0 Å². The number of hydrogen-bond donors (Lipinski definition) is 1. The van der Waals surface area contributed by atoms with Crippen LogP contribution in [0, 0.1) is 5.92 Å². The molecule has 0 aromatic heterocycles. The monoisotopic (exact) mass is 283 g/mol. The third-order valence-corrected chi connectivity index (χ3v) is 4.75. The summed E-state index contributed by atoms with van der Waals surface area (Å²) < 4.78 is 0. The first-order chi connectivity index (χ1) is 9.56. The molecule has 120 valence electrons. The summed E-state index contributed by atoms with van der Waals surface area (Å²) >= 11 is 0. The number of hydrogen-bond acceptors (Lipinski definition) is 3. The van der Waals surface area contributed by atoms with Crippen LogP contribution in [0.4, 0.5) is 0 Å². The predicted octanol–water partition coefficient (Wildman–Crippen LogP) is 2.82. The van der Waals surface area contributed by atoms with Gasteiger partial charge in [-0.25, -0.2) is 0 Å². The molecule has 0 radical (unpaired) electrons. The van der Waals surface area contributed by atoms with E-state index in [-0.39, 0.29) is 0 Å². The molecular weight excluding hydrogens is 246 g/mol. The molecule has 1 saturated heterocycles. The molecule has 1 aliphatic heterocycles. The van der Waals surface area contributed by atoms with Crippen molar-refractivity contribution >= 4 is 0 Å². The molecule has 20 heavy (non-hydrogen) atoms. The zero-order valence-corrected chi connectivity index (χ0v) is 14.5. The first kappa shape index (κ1) is 17.9. The Morgan fingerprint density at radius 2 is 1.90 bits per heavy atom. The van der Waals surface area contributed by atoms with Crippen molar-refractivity contribution in [3.05, 3.63) is 0 Å². The highest BCUT2D eigenvalue weighted by Crippen LogP contribution is 2.20. The van der Waals surface area contributed by atoms with Gasteiger partial charge in [-0.2, -0.15) is 0 Å². The Balaban J connectivity index is 2.16. The Morgan fingerprint density at radius 3 is 2.50 bits per heavy atom. The summed E-state index contributed by atoms with van der Waals surface area (Å²) in [4.78, 5) is 5.24. The topological polar surface area (TPSA) is 18.5 Å². The molecule has 3 nitrogen and oxygen atoms in total. The maximum absolute atomic E-state index is 3.59. The van der Waals surface area contributed by atoms with Gasteiger partial charge in [-0.05, 0) is 64.8 Å². The van der Waals surface area contributed by atoms with Crippen molar-refractivity contribution in [2.45, 2.75) is 66.0 Å². The summed E-state index contributed by atoms with van der Waals surface area (Å²) in [6.07, 6.45) is 4.06. The lowest BCUT2D eigenvalue weighted by atomic mass is 10.1. The molecule has 0 aliphatic carbocycles. The zero-order chi connectivity index (χ0) is 15.0. The van der Waals surface area contributed by atoms with Crippen molar-refractivity contribution in [1.29, 1.82) is 0 Å². The fourth-order valence-corrected chi connectivity index (χ4v) is 3.16. The van der Waals surface area contributed by atoms with Crippen LogP contribution in [-0.4, -0.2) is 61.2 Å². The number of nitrogens with zero attached hydrogens (tertiary/aromatic N) is 2. The van der Waals surface area contributed by atoms with E-state index in [9.17, 15) is 0 Å². The molecule has 0 amide bonds. The van der Waals surface area contributed by atoms with Crippen LogP contribution in [0.2, 0.25) is 0 Å². The van der Waals surface area contributed by atoms with Gasteiger partial charge in [0.1, 0.15) is 0 Å². The standard InChI is InChI=1S/C17H37N3/c1-6-19(7-2)11-8-9-16(5)20-12-10-17(14-20)13-18-15(3)4/h15-18H,6-14H2,1-5H3. The normalized spacial score (nSPS) is 22.1. The van der Waals surface area contributed by atoms with Crippen molar-refractivity contribution in [2.24, 2.45) is 5.92 Å². The van der Waals surface area contributed by atoms with Gasteiger partial charge in [0.05, 0.1) is 0 Å². The molecule has 0 saturated carbocycles. The number of likely N-dealkylation sites (tertiary alicyclic amines) is 1. The minimum atomic E-state index is 0.621. The van der Waals surface area contributed by atoms with Gasteiger partial charge in [0, 0.05) is 18.6 Å². The molecule has 1 rings (SSSR count). The smallest absolute Gasteiger partial charge is 0.00675 e. The fraction of sp³-hybridized carbons (Fsp3) is 1.00. The molecule has 2 unspecified atom stereocenters. The highest BCUT2D eigenvalue weighted by molar-refractivity contribution is 4.81. The van der Waals surface area contributed by atoms with Crippen LogP contribution in [0.15, 0.2) is 0 Å². The van der Waals surface area contributed by atoms with Crippen LogP contribution in [0.3, 0.4) is 0 Å². The lowest BCUT2D eigenvalue weighted by Gasteiger charge is -2.26. The van der Waals surface area contributed by atoms with Gasteiger partial charge < -0.3 is 15.1 Å². The molecule has 1 N–H and O–H groups in total. The van der Waals surface area contributed by atoms with E-state index in [0.717, 1.165) is 12.0 Å². The summed E-state index contributed by atoms with van der Waals surface area (Å²) in [5, 5.41) is 3.59. The van der Waals surface area contributed by atoms with E-state index in [1.165, 1.54) is 58.5 Å². The molecule has 0 aromatic rings. The molecular formula is C17H37N3. The minimum Gasteiger partial charge on any atom is -0.314 e. The lowest BCUT2D eigenvalue weighted by molar-refractivity contribution is 0.219. The molecule has 1 fully saturated rings. The Labute approximate surface area is 127 Å². The van der Waals surface area contributed by atoms with Crippen LogP contribution in [-0.2, 0) is 0 Å². The van der Waals surface area contributed by atoms with E-state index in [0.29, 0.717) is 6.04 Å². The lowest BCUT2D eigenvalue weighted by Crippen LogP contribution is -2.34.